The van der Waals surface area contributed by atoms with Crippen LogP contribution in [0.1, 0.15) is 33.6 Å². The maximum absolute atomic E-state index is 12.1. The first-order chi connectivity index (χ1) is 7.25. The highest BCUT2D eigenvalue weighted by Crippen LogP contribution is 2.68. The van der Waals surface area contributed by atoms with E-state index in [1.165, 1.54) is 0 Å². The summed E-state index contributed by atoms with van der Waals surface area (Å²) < 4.78 is 0. The minimum absolute atomic E-state index is 0.182. The maximum atomic E-state index is 12.1. The van der Waals surface area contributed by atoms with Crippen LogP contribution in [-0.2, 0) is 9.59 Å². The van der Waals surface area contributed by atoms with Crippen LogP contribution in [0.2, 0.25) is 0 Å². The van der Waals surface area contributed by atoms with Crippen LogP contribution in [0.15, 0.2) is 0 Å². The number of aliphatic carboxylic acids is 1. The molecule has 2 aliphatic carbocycles. The van der Waals surface area contributed by atoms with Crippen molar-refractivity contribution in [1.29, 1.82) is 0 Å². The summed E-state index contributed by atoms with van der Waals surface area (Å²) in [6.45, 7) is 5.30. The van der Waals surface area contributed by atoms with Gasteiger partial charge >= 0.3 is 11.7 Å². The number of carboxylic acid groups (broad SMARTS) is 1. The standard InChI is InChI=1S/C11H14N2O3/c1-9(2)10(3)4-5-11(9,8(15)16)6(13-12)7(10)14/h4-5H2,1-3H3,(H,15,16). The van der Waals surface area contributed by atoms with Crippen LogP contribution < -0.4 is 0 Å². The molecule has 0 heterocycles. The van der Waals surface area contributed by atoms with E-state index in [4.69, 9.17) is 5.53 Å². The number of hydrogen-bond acceptors (Lipinski definition) is 2. The second-order valence-electron chi connectivity index (χ2n) is 5.45. The van der Waals surface area contributed by atoms with Crippen LogP contribution in [0.25, 0.3) is 5.53 Å². The lowest BCUT2D eigenvalue weighted by molar-refractivity contribution is -0.151. The maximum Gasteiger partial charge on any atom is 0.352 e. The van der Waals surface area contributed by atoms with Crippen LogP contribution >= 0.6 is 0 Å². The summed E-state index contributed by atoms with van der Waals surface area (Å²) in [4.78, 5) is 26.6. The molecule has 2 bridgehead atoms. The van der Waals surface area contributed by atoms with Crippen molar-refractivity contribution in [2.75, 3.05) is 0 Å². The second kappa shape index (κ2) is 2.61. The predicted molar refractivity (Wildman–Crippen MR) is 54.8 cm³/mol. The zero-order chi connectivity index (χ0) is 12.4. The summed E-state index contributed by atoms with van der Waals surface area (Å²) in [5.41, 5.74) is 5.97. The average Bonchev–Trinajstić information content (AvgIpc) is 2.47. The summed E-state index contributed by atoms with van der Waals surface area (Å²) in [7, 11) is 0. The van der Waals surface area contributed by atoms with E-state index >= 15 is 0 Å². The molecule has 2 unspecified atom stereocenters. The van der Waals surface area contributed by atoms with Crippen molar-refractivity contribution in [1.82, 2.24) is 0 Å². The molecular formula is C11H14N2O3. The van der Waals surface area contributed by atoms with Gasteiger partial charge in [0, 0.05) is 10.8 Å². The van der Waals surface area contributed by atoms with E-state index in [1.807, 2.05) is 0 Å². The van der Waals surface area contributed by atoms with Gasteiger partial charge in [-0.15, -0.1) is 0 Å². The molecule has 0 aliphatic heterocycles. The van der Waals surface area contributed by atoms with Crippen molar-refractivity contribution in [3.63, 3.8) is 0 Å². The lowest BCUT2D eigenvalue weighted by atomic mass is 9.65. The average molecular weight is 222 g/mol. The topological polar surface area (TPSA) is 90.8 Å². The summed E-state index contributed by atoms with van der Waals surface area (Å²) in [5, 5.41) is 9.42. The fourth-order valence-electron chi connectivity index (χ4n) is 3.41. The van der Waals surface area contributed by atoms with Gasteiger partial charge in [-0.2, -0.15) is 4.79 Å². The molecular weight excluding hydrogens is 208 g/mol. The molecule has 2 atom stereocenters. The van der Waals surface area contributed by atoms with Crippen molar-refractivity contribution < 1.29 is 19.5 Å². The summed E-state index contributed by atoms with van der Waals surface area (Å²) in [5.74, 6) is -1.39. The highest BCUT2D eigenvalue weighted by Gasteiger charge is 2.81. The molecule has 0 aromatic heterocycles. The summed E-state index contributed by atoms with van der Waals surface area (Å²) in [6, 6.07) is 0. The number of ketones is 1. The third kappa shape index (κ3) is 0.736. The van der Waals surface area contributed by atoms with Crippen LogP contribution in [0.5, 0.6) is 0 Å². The van der Waals surface area contributed by atoms with Gasteiger partial charge in [0.15, 0.2) is 5.41 Å². The number of carbonyl (C=O) groups is 2. The van der Waals surface area contributed by atoms with E-state index in [0.717, 1.165) is 0 Å². The molecule has 5 nitrogen and oxygen atoms in total. The Kier molecular flexibility index (Phi) is 1.79. The molecule has 0 aromatic carbocycles. The van der Waals surface area contributed by atoms with Crippen LogP contribution in [-0.4, -0.2) is 27.4 Å². The van der Waals surface area contributed by atoms with Crippen LogP contribution in [0.3, 0.4) is 0 Å². The van der Waals surface area contributed by atoms with Crippen molar-refractivity contribution in [2.24, 2.45) is 16.2 Å². The first-order valence-electron chi connectivity index (χ1n) is 5.26. The number of Topliss-reactive ketones (excluding diaryl/α,β-unsaturated/α-hetero) is 1. The largest absolute Gasteiger partial charge is 0.480 e. The Morgan fingerprint density at radius 2 is 1.94 bits per heavy atom. The van der Waals surface area contributed by atoms with E-state index in [-0.39, 0.29) is 11.5 Å². The van der Waals surface area contributed by atoms with Crippen molar-refractivity contribution >= 4 is 17.5 Å². The first-order valence-corrected chi connectivity index (χ1v) is 5.26. The Morgan fingerprint density at radius 1 is 1.38 bits per heavy atom. The molecule has 86 valence electrons. The summed E-state index contributed by atoms with van der Waals surface area (Å²) in [6.07, 6.45) is 0.890. The van der Waals surface area contributed by atoms with E-state index in [2.05, 4.69) is 4.79 Å². The number of carboxylic acids is 1. The smallest absolute Gasteiger partial charge is 0.352 e. The van der Waals surface area contributed by atoms with Gasteiger partial charge < -0.3 is 10.6 Å². The van der Waals surface area contributed by atoms with Gasteiger partial charge in [0.05, 0.1) is 0 Å². The Bertz CT molecular complexity index is 462. The fourth-order valence-corrected chi connectivity index (χ4v) is 3.41. The predicted octanol–water partition coefficient (Wildman–Crippen LogP) is 1.14. The van der Waals surface area contributed by atoms with Crippen molar-refractivity contribution in [2.45, 2.75) is 33.6 Å². The molecule has 1 N–H and O–H groups in total. The highest BCUT2D eigenvalue weighted by atomic mass is 16.4. The Balaban J connectivity index is 2.82. The zero-order valence-electron chi connectivity index (χ0n) is 9.57. The van der Waals surface area contributed by atoms with Gasteiger partial charge in [0.2, 0.25) is 5.78 Å². The molecule has 0 amide bonds. The third-order valence-corrected chi connectivity index (χ3v) is 5.03. The number of hydrogen-bond donors (Lipinski definition) is 1. The second-order valence-corrected chi connectivity index (χ2v) is 5.45. The first kappa shape index (κ1) is 11.0. The Labute approximate surface area is 93.1 Å². The number of carbonyl (C=O) groups excluding carboxylic acids is 1. The Morgan fingerprint density at radius 3 is 2.31 bits per heavy atom. The van der Waals surface area contributed by atoms with Crippen molar-refractivity contribution in [3.8, 4) is 0 Å². The van der Waals surface area contributed by atoms with E-state index in [1.54, 1.807) is 20.8 Å². The molecule has 0 spiro atoms. The molecule has 2 saturated carbocycles. The van der Waals surface area contributed by atoms with Gasteiger partial charge in [-0.25, -0.2) is 0 Å². The molecule has 0 saturated heterocycles. The molecule has 2 aliphatic rings. The monoisotopic (exact) mass is 222 g/mol. The van der Waals surface area contributed by atoms with E-state index < -0.39 is 22.2 Å². The molecule has 16 heavy (non-hydrogen) atoms. The lowest BCUT2D eigenvalue weighted by Crippen LogP contribution is -2.45. The number of fused-ring (bicyclic) bond motifs is 2. The highest BCUT2D eigenvalue weighted by molar-refractivity contribution is 6.48. The van der Waals surface area contributed by atoms with Crippen LogP contribution in [0.4, 0.5) is 0 Å². The van der Waals surface area contributed by atoms with Gasteiger partial charge in [0.25, 0.3) is 0 Å². The van der Waals surface area contributed by atoms with E-state index in [0.29, 0.717) is 12.8 Å². The number of rotatable bonds is 1. The molecule has 0 aromatic rings. The molecule has 2 rings (SSSR count). The van der Waals surface area contributed by atoms with Gasteiger partial charge in [0.1, 0.15) is 0 Å². The number of nitrogens with zero attached hydrogens (tertiary/aromatic N) is 2. The normalized spacial score (nSPS) is 39.9. The zero-order valence-corrected chi connectivity index (χ0v) is 9.57. The lowest BCUT2D eigenvalue weighted by Gasteiger charge is -2.34. The summed E-state index contributed by atoms with van der Waals surface area (Å²) >= 11 is 0. The SMILES string of the molecule is CC12CCC(C(=O)O)(C(=[N+]=[N-])C1=O)C2(C)C. The van der Waals surface area contributed by atoms with Gasteiger partial charge in [-0.1, -0.05) is 20.8 Å². The van der Waals surface area contributed by atoms with Gasteiger partial charge in [-0.3, -0.25) is 9.59 Å². The quantitative estimate of drug-likeness (QED) is 0.532. The molecule has 5 heteroatoms. The van der Waals surface area contributed by atoms with E-state index in [9.17, 15) is 14.7 Å². The molecule has 0 radical (unpaired) electrons. The third-order valence-electron chi connectivity index (χ3n) is 5.03. The van der Waals surface area contributed by atoms with Crippen molar-refractivity contribution in [3.05, 3.63) is 5.53 Å². The fraction of sp³-hybridized carbons (Fsp3) is 0.727. The Hall–Kier alpha value is -1.48. The van der Waals surface area contributed by atoms with Gasteiger partial charge in [-0.05, 0) is 12.8 Å². The minimum atomic E-state index is -1.33. The molecule has 2 fully saturated rings. The van der Waals surface area contributed by atoms with Crippen LogP contribution in [0, 0.1) is 16.2 Å². The minimum Gasteiger partial charge on any atom is -0.480 e.